The molecule has 5 nitrogen and oxygen atoms in total. The van der Waals surface area contributed by atoms with Crippen molar-refractivity contribution in [3.8, 4) is 0 Å². The van der Waals surface area contributed by atoms with Gasteiger partial charge < -0.3 is 4.98 Å². The molecule has 0 amide bonds. The highest BCUT2D eigenvalue weighted by molar-refractivity contribution is 7.71. The molecule has 3 heterocycles. The van der Waals surface area contributed by atoms with Gasteiger partial charge in [-0.3, -0.25) is 14.0 Å². The van der Waals surface area contributed by atoms with Crippen LogP contribution in [0.25, 0.3) is 10.2 Å². The molecule has 3 aromatic rings. The van der Waals surface area contributed by atoms with Crippen molar-refractivity contribution in [3.63, 3.8) is 0 Å². The van der Waals surface area contributed by atoms with Gasteiger partial charge >= 0.3 is 0 Å². The summed E-state index contributed by atoms with van der Waals surface area (Å²) < 4.78 is 4.53. The molecule has 0 bridgehead atoms. The summed E-state index contributed by atoms with van der Waals surface area (Å²) in [5, 5.41) is 6.19. The summed E-state index contributed by atoms with van der Waals surface area (Å²) in [5.41, 5.74) is 1.74. The molecule has 1 N–H and O–H groups in total. The predicted octanol–water partition coefficient (Wildman–Crippen LogP) is 2.10. The van der Waals surface area contributed by atoms with Crippen LogP contribution in [0.3, 0.4) is 0 Å². The van der Waals surface area contributed by atoms with Gasteiger partial charge in [-0.05, 0) is 29.7 Å². The summed E-state index contributed by atoms with van der Waals surface area (Å²) in [6.45, 7) is 0.541. The predicted molar refractivity (Wildman–Crippen MR) is 78.2 cm³/mol. The first-order valence-electron chi connectivity index (χ1n) is 5.84. The maximum Gasteiger partial charge on any atom is 0.272 e. The minimum Gasteiger partial charge on any atom is -0.331 e. The molecule has 0 fully saturated rings. The highest BCUT2D eigenvalue weighted by Gasteiger charge is 2.07. The largest absolute Gasteiger partial charge is 0.331 e. The number of fused-ring (bicyclic) bond motifs is 1. The molecule has 0 aromatic carbocycles. The lowest BCUT2D eigenvalue weighted by Crippen LogP contribution is -2.22. The van der Waals surface area contributed by atoms with Crippen LogP contribution in [0.2, 0.25) is 0 Å². The summed E-state index contributed by atoms with van der Waals surface area (Å²) in [6.07, 6.45) is 2.58. The number of thiophene rings is 1. The first kappa shape index (κ1) is 12.3. The molecule has 3 aromatic heterocycles. The number of H-pyrrole nitrogens is 1. The van der Waals surface area contributed by atoms with Crippen LogP contribution in [0.5, 0.6) is 0 Å². The molecule has 98 valence electrons. The SMILES string of the molecule is Cn1ccc(CCn2c(=S)[nH]c3ccsc3c2=O)n1. The van der Waals surface area contributed by atoms with Crippen molar-refractivity contribution in [2.45, 2.75) is 13.0 Å². The Kier molecular flexibility index (Phi) is 3.08. The second-order valence-corrected chi connectivity index (χ2v) is 5.58. The minimum absolute atomic E-state index is 0.0234. The average molecular weight is 292 g/mol. The van der Waals surface area contributed by atoms with Crippen molar-refractivity contribution in [1.29, 1.82) is 0 Å². The lowest BCUT2D eigenvalue weighted by Gasteiger charge is -2.04. The molecule has 0 aliphatic rings. The Morgan fingerprint density at radius 2 is 2.32 bits per heavy atom. The van der Waals surface area contributed by atoms with Gasteiger partial charge in [-0.25, -0.2) is 0 Å². The summed E-state index contributed by atoms with van der Waals surface area (Å²) >= 11 is 6.67. The first-order valence-corrected chi connectivity index (χ1v) is 7.13. The summed E-state index contributed by atoms with van der Waals surface area (Å²) in [7, 11) is 1.87. The van der Waals surface area contributed by atoms with Crippen molar-refractivity contribution in [2.24, 2.45) is 7.05 Å². The van der Waals surface area contributed by atoms with Crippen LogP contribution in [0.1, 0.15) is 5.69 Å². The number of hydrogen-bond donors (Lipinski definition) is 1. The number of rotatable bonds is 3. The highest BCUT2D eigenvalue weighted by atomic mass is 32.1. The molecule has 0 aliphatic carbocycles. The van der Waals surface area contributed by atoms with Gasteiger partial charge in [0.1, 0.15) is 4.70 Å². The van der Waals surface area contributed by atoms with E-state index in [1.807, 2.05) is 30.8 Å². The monoisotopic (exact) mass is 292 g/mol. The Bertz CT molecular complexity index is 839. The second-order valence-electron chi connectivity index (χ2n) is 4.28. The summed E-state index contributed by atoms with van der Waals surface area (Å²) in [4.78, 5) is 15.4. The zero-order chi connectivity index (χ0) is 13.4. The van der Waals surface area contributed by atoms with E-state index in [2.05, 4.69) is 10.1 Å². The van der Waals surface area contributed by atoms with Gasteiger partial charge in [-0.1, -0.05) is 0 Å². The van der Waals surface area contributed by atoms with Crippen LogP contribution in [0.15, 0.2) is 28.5 Å². The van der Waals surface area contributed by atoms with E-state index < -0.39 is 0 Å². The zero-order valence-corrected chi connectivity index (χ0v) is 11.9. The van der Waals surface area contributed by atoms with Crippen LogP contribution >= 0.6 is 23.6 Å². The quantitative estimate of drug-likeness (QED) is 0.752. The van der Waals surface area contributed by atoms with E-state index in [1.54, 1.807) is 9.25 Å². The van der Waals surface area contributed by atoms with Crippen LogP contribution in [-0.2, 0) is 20.0 Å². The van der Waals surface area contributed by atoms with E-state index in [9.17, 15) is 4.79 Å². The van der Waals surface area contributed by atoms with E-state index in [1.165, 1.54) is 11.3 Å². The van der Waals surface area contributed by atoms with Crippen molar-refractivity contribution >= 4 is 33.8 Å². The minimum atomic E-state index is -0.0234. The second kappa shape index (κ2) is 4.75. The molecule has 0 spiro atoms. The fourth-order valence-electron chi connectivity index (χ4n) is 2.00. The number of nitrogens with one attached hydrogen (secondary N) is 1. The molecule has 19 heavy (non-hydrogen) atoms. The molecule has 7 heteroatoms. The Hall–Kier alpha value is -1.73. The number of aryl methyl sites for hydroxylation is 2. The molecule has 3 rings (SSSR count). The highest BCUT2D eigenvalue weighted by Crippen LogP contribution is 2.14. The molecular formula is C12H12N4OS2. The molecule has 0 radical (unpaired) electrons. The van der Waals surface area contributed by atoms with Gasteiger partial charge in [0.15, 0.2) is 4.77 Å². The van der Waals surface area contributed by atoms with Crippen LogP contribution in [0.4, 0.5) is 0 Å². The van der Waals surface area contributed by atoms with Gasteiger partial charge in [0.2, 0.25) is 0 Å². The van der Waals surface area contributed by atoms with Crippen molar-refractivity contribution in [2.75, 3.05) is 0 Å². The maximum absolute atomic E-state index is 12.3. The van der Waals surface area contributed by atoms with Crippen molar-refractivity contribution < 1.29 is 0 Å². The van der Waals surface area contributed by atoms with E-state index in [4.69, 9.17) is 12.2 Å². The molecule has 0 saturated carbocycles. The first-order chi connectivity index (χ1) is 9.15. The third-order valence-electron chi connectivity index (χ3n) is 2.95. The van der Waals surface area contributed by atoms with Crippen molar-refractivity contribution in [3.05, 3.63) is 44.5 Å². The molecule has 0 aliphatic heterocycles. The Balaban J connectivity index is 1.96. The smallest absolute Gasteiger partial charge is 0.272 e. The van der Waals surface area contributed by atoms with Gasteiger partial charge in [0.05, 0.1) is 11.2 Å². The van der Waals surface area contributed by atoms with E-state index >= 15 is 0 Å². The normalized spacial score (nSPS) is 11.2. The number of nitrogens with zero attached hydrogens (tertiary/aromatic N) is 3. The van der Waals surface area contributed by atoms with Gasteiger partial charge in [-0.2, -0.15) is 5.10 Å². The van der Waals surface area contributed by atoms with Crippen LogP contribution in [-0.4, -0.2) is 19.3 Å². The average Bonchev–Trinajstić information content (AvgIpc) is 2.98. The summed E-state index contributed by atoms with van der Waals surface area (Å²) in [5.74, 6) is 0. The third-order valence-corrected chi connectivity index (χ3v) is 4.18. The van der Waals surface area contributed by atoms with Gasteiger partial charge in [0.25, 0.3) is 5.56 Å². The van der Waals surface area contributed by atoms with Crippen LogP contribution in [0, 0.1) is 4.77 Å². The molecule has 0 saturated heterocycles. The number of aromatic nitrogens is 4. The van der Waals surface area contributed by atoms with E-state index in [0.717, 1.165) is 15.9 Å². The van der Waals surface area contributed by atoms with Crippen LogP contribution < -0.4 is 5.56 Å². The van der Waals surface area contributed by atoms with Gasteiger partial charge in [0, 0.05) is 26.2 Å². The van der Waals surface area contributed by atoms with E-state index in [0.29, 0.717) is 17.7 Å². The van der Waals surface area contributed by atoms with E-state index in [-0.39, 0.29) is 5.56 Å². The lowest BCUT2D eigenvalue weighted by molar-refractivity contribution is 0.633. The summed E-state index contributed by atoms with van der Waals surface area (Å²) in [6, 6.07) is 3.82. The molecule has 0 atom stereocenters. The molecular weight excluding hydrogens is 280 g/mol. The lowest BCUT2D eigenvalue weighted by atomic mass is 10.3. The Morgan fingerprint density at radius 1 is 1.47 bits per heavy atom. The van der Waals surface area contributed by atoms with Gasteiger partial charge in [-0.15, -0.1) is 11.3 Å². The Morgan fingerprint density at radius 3 is 3.05 bits per heavy atom. The number of aromatic amines is 1. The maximum atomic E-state index is 12.3. The zero-order valence-electron chi connectivity index (χ0n) is 10.3. The fraction of sp³-hybridized carbons (Fsp3) is 0.250. The standard InChI is InChI=1S/C12H12N4OS2/c1-15-5-2-8(14-15)3-6-16-11(17)10-9(4-7-19-10)13-12(16)18/h2,4-5,7H,3,6H2,1H3,(H,13,18). The molecule has 0 unspecified atom stereocenters. The fourth-order valence-corrected chi connectivity index (χ4v) is 3.08. The topological polar surface area (TPSA) is 55.6 Å². The Labute approximate surface area is 118 Å². The van der Waals surface area contributed by atoms with Crippen molar-refractivity contribution in [1.82, 2.24) is 19.3 Å². The third kappa shape index (κ3) is 2.26. The number of hydrogen-bond acceptors (Lipinski definition) is 4.